The van der Waals surface area contributed by atoms with Gasteiger partial charge in [0.1, 0.15) is 17.8 Å². The lowest BCUT2D eigenvalue weighted by atomic mass is 9.90. The zero-order chi connectivity index (χ0) is 24.6. The van der Waals surface area contributed by atoms with Crippen molar-refractivity contribution in [3.63, 3.8) is 0 Å². The van der Waals surface area contributed by atoms with E-state index < -0.39 is 41.3 Å². The van der Waals surface area contributed by atoms with Crippen LogP contribution in [-0.4, -0.2) is 53.4 Å². The van der Waals surface area contributed by atoms with E-state index in [-0.39, 0.29) is 11.6 Å². The molecule has 10 heteroatoms. The summed E-state index contributed by atoms with van der Waals surface area (Å²) in [6.07, 6.45) is 2.75. The number of aromatic nitrogens is 1. The number of para-hydroxylation sites is 1. The summed E-state index contributed by atoms with van der Waals surface area (Å²) in [6, 6.07) is 5.00. The van der Waals surface area contributed by atoms with Crippen molar-refractivity contribution in [1.29, 1.82) is 0 Å². The van der Waals surface area contributed by atoms with E-state index in [2.05, 4.69) is 20.9 Å². The first kappa shape index (κ1) is 24.1. The van der Waals surface area contributed by atoms with E-state index in [1.54, 1.807) is 18.2 Å². The van der Waals surface area contributed by atoms with Gasteiger partial charge in [0.05, 0.1) is 23.6 Å². The van der Waals surface area contributed by atoms with Crippen LogP contribution in [0.25, 0.3) is 10.9 Å². The van der Waals surface area contributed by atoms with Crippen LogP contribution in [0.15, 0.2) is 24.3 Å². The largest absolute Gasteiger partial charge is 0.467 e. The molecule has 2 heterocycles. The van der Waals surface area contributed by atoms with Crippen molar-refractivity contribution in [3.05, 3.63) is 35.0 Å². The molecule has 1 aliphatic heterocycles. The topological polar surface area (TPSA) is 129 Å². The number of H-pyrrole nitrogens is 1. The second-order valence-corrected chi connectivity index (χ2v) is 10.2. The molecule has 1 aliphatic carbocycles. The molecule has 0 radical (unpaired) electrons. The van der Waals surface area contributed by atoms with Crippen molar-refractivity contribution in [2.75, 3.05) is 7.11 Å². The van der Waals surface area contributed by atoms with Gasteiger partial charge in [0, 0.05) is 10.9 Å². The van der Waals surface area contributed by atoms with Crippen molar-refractivity contribution in [3.8, 4) is 0 Å². The highest BCUT2D eigenvalue weighted by molar-refractivity contribution is 6.35. The number of fused-ring (bicyclic) bond motifs is 1. The lowest BCUT2D eigenvalue weighted by molar-refractivity contribution is -0.148. The van der Waals surface area contributed by atoms with Gasteiger partial charge in [0.2, 0.25) is 11.8 Å². The molecule has 34 heavy (non-hydrogen) atoms. The van der Waals surface area contributed by atoms with Crippen LogP contribution in [0.4, 0.5) is 0 Å². The fourth-order valence-corrected chi connectivity index (χ4v) is 4.72. The third kappa shape index (κ3) is 5.19. The number of ether oxygens (including phenoxy) is 1. The van der Waals surface area contributed by atoms with Gasteiger partial charge in [-0.25, -0.2) is 4.79 Å². The minimum Gasteiger partial charge on any atom is -0.467 e. The summed E-state index contributed by atoms with van der Waals surface area (Å²) >= 11 is 6.20. The quantitative estimate of drug-likeness (QED) is 0.424. The van der Waals surface area contributed by atoms with Gasteiger partial charge >= 0.3 is 5.97 Å². The molecular formula is C24H29ClN4O5. The van der Waals surface area contributed by atoms with Crippen LogP contribution < -0.4 is 16.0 Å². The molecule has 1 saturated heterocycles. The summed E-state index contributed by atoms with van der Waals surface area (Å²) in [5.41, 5.74) is 0.411. The zero-order valence-corrected chi connectivity index (χ0v) is 20.1. The third-order valence-corrected chi connectivity index (χ3v) is 6.74. The van der Waals surface area contributed by atoms with Crippen molar-refractivity contribution in [1.82, 2.24) is 20.9 Å². The summed E-state index contributed by atoms with van der Waals surface area (Å²) in [4.78, 5) is 54.3. The fraction of sp³-hybridized carbons (Fsp3) is 0.500. The molecule has 2 aliphatic rings. The first-order valence-corrected chi connectivity index (χ1v) is 11.7. The fourth-order valence-electron chi connectivity index (χ4n) is 4.49. The Bertz CT molecular complexity index is 1140. The first-order chi connectivity index (χ1) is 16.1. The highest BCUT2D eigenvalue weighted by Crippen LogP contribution is 2.34. The van der Waals surface area contributed by atoms with E-state index in [4.69, 9.17) is 16.3 Å². The van der Waals surface area contributed by atoms with Crippen LogP contribution in [0.5, 0.6) is 0 Å². The summed E-state index contributed by atoms with van der Waals surface area (Å²) in [7, 11) is 1.21. The Balaban J connectivity index is 1.52. The number of carbonyl (C=O) groups excluding carboxylic acids is 4. The molecular weight excluding hydrogens is 460 g/mol. The maximum Gasteiger partial charge on any atom is 0.329 e. The number of rotatable bonds is 8. The molecule has 4 N–H and O–H groups in total. The Morgan fingerprint density at radius 1 is 1.24 bits per heavy atom. The molecule has 0 spiro atoms. The van der Waals surface area contributed by atoms with Gasteiger partial charge < -0.3 is 25.7 Å². The van der Waals surface area contributed by atoms with Gasteiger partial charge in [-0.05, 0) is 44.7 Å². The SMILES string of the molecule is COC(=O)[C@@H](NC(=O)[C@H](CC1CC1)NC(=O)c1cc2cccc(Cl)c2[nH]1)C1CC(C)(C)NC1=O. The highest BCUT2D eigenvalue weighted by Gasteiger charge is 2.46. The van der Waals surface area contributed by atoms with E-state index in [0.717, 1.165) is 18.2 Å². The van der Waals surface area contributed by atoms with Crippen LogP contribution in [0.2, 0.25) is 5.02 Å². The summed E-state index contributed by atoms with van der Waals surface area (Å²) in [5, 5.41) is 9.57. The van der Waals surface area contributed by atoms with Gasteiger partial charge in [0.25, 0.3) is 5.91 Å². The summed E-state index contributed by atoms with van der Waals surface area (Å²) in [5.74, 6) is -2.45. The summed E-state index contributed by atoms with van der Waals surface area (Å²) in [6.45, 7) is 3.70. The van der Waals surface area contributed by atoms with Gasteiger partial charge in [-0.1, -0.05) is 36.6 Å². The van der Waals surface area contributed by atoms with Crippen molar-refractivity contribution in [2.24, 2.45) is 11.8 Å². The number of carbonyl (C=O) groups is 4. The van der Waals surface area contributed by atoms with E-state index in [1.807, 2.05) is 19.9 Å². The molecule has 4 rings (SSSR count). The van der Waals surface area contributed by atoms with E-state index in [0.29, 0.717) is 29.3 Å². The number of amides is 3. The van der Waals surface area contributed by atoms with Crippen LogP contribution in [0.1, 0.15) is 50.0 Å². The Hall–Kier alpha value is -3.07. The van der Waals surface area contributed by atoms with E-state index in [1.165, 1.54) is 7.11 Å². The molecule has 3 amide bonds. The lowest BCUT2D eigenvalue weighted by Gasteiger charge is -2.25. The number of hydrogen-bond donors (Lipinski definition) is 4. The zero-order valence-electron chi connectivity index (χ0n) is 19.4. The normalized spacial score (nSPS) is 20.9. The molecule has 1 aromatic heterocycles. The van der Waals surface area contributed by atoms with Gasteiger partial charge in [-0.2, -0.15) is 0 Å². The van der Waals surface area contributed by atoms with Gasteiger partial charge in [-0.3, -0.25) is 14.4 Å². The van der Waals surface area contributed by atoms with Crippen LogP contribution in [0.3, 0.4) is 0 Å². The third-order valence-electron chi connectivity index (χ3n) is 6.42. The second-order valence-electron chi connectivity index (χ2n) is 9.79. The standard InChI is InChI=1S/C24H29ClN4O5/c1-24(2)11-14(20(30)29-24)19(23(33)34-3)28-22(32)16(9-12-7-8-12)27-21(31)17-10-13-5-4-6-15(25)18(13)26-17/h4-6,10,12,14,16,19,26H,7-9,11H2,1-3H3,(H,27,31)(H,28,32)(H,29,30)/t14?,16-,19-/m0/s1. The Kier molecular flexibility index (Phi) is 6.58. The van der Waals surface area contributed by atoms with E-state index in [9.17, 15) is 19.2 Å². The number of benzene rings is 1. The van der Waals surface area contributed by atoms with Crippen molar-refractivity contribution >= 4 is 46.2 Å². The molecule has 1 unspecified atom stereocenters. The van der Waals surface area contributed by atoms with Gasteiger partial charge in [-0.15, -0.1) is 0 Å². The maximum absolute atomic E-state index is 13.3. The molecule has 3 atom stereocenters. The number of hydrogen-bond acceptors (Lipinski definition) is 5. The molecule has 1 saturated carbocycles. The molecule has 2 aromatic rings. The van der Waals surface area contributed by atoms with Crippen LogP contribution in [0, 0.1) is 11.8 Å². The number of aromatic amines is 1. The Morgan fingerprint density at radius 3 is 2.56 bits per heavy atom. The number of halogens is 1. The van der Waals surface area contributed by atoms with Crippen molar-refractivity contribution in [2.45, 2.75) is 57.2 Å². The average Bonchev–Trinajstić information content (AvgIpc) is 3.40. The van der Waals surface area contributed by atoms with Crippen molar-refractivity contribution < 1.29 is 23.9 Å². The number of nitrogens with one attached hydrogen (secondary N) is 4. The second kappa shape index (κ2) is 9.29. The number of methoxy groups -OCH3 is 1. The average molecular weight is 489 g/mol. The molecule has 9 nitrogen and oxygen atoms in total. The first-order valence-electron chi connectivity index (χ1n) is 11.4. The minimum atomic E-state index is -1.15. The van der Waals surface area contributed by atoms with Crippen LogP contribution in [-0.2, 0) is 19.1 Å². The minimum absolute atomic E-state index is 0.276. The highest BCUT2D eigenvalue weighted by atomic mass is 35.5. The molecule has 1 aromatic carbocycles. The molecule has 182 valence electrons. The summed E-state index contributed by atoms with van der Waals surface area (Å²) < 4.78 is 4.87. The van der Waals surface area contributed by atoms with Gasteiger partial charge in [0.15, 0.2) is 0 Å². The Labute approximate surface area is 202 Å². The van der Waals surface area contributed by atoms with E-state index >= 15 is 0 Å². The Morgan fingerprint density at radius 2 is 1.97 bits per heavy atom. The molecule has 2 fully saturated rings. The number of esters is 1. The molecule has 0 bridgehead atoms. The maximum atomic E-state index is 13.3. The smallest absolute Gasteiger partial charge is 0.329 e. The predicted molar refractivity (Wildman–Crippen MR) is 126 cm³/mol. The van der Waals surface area contributed by atoms with Crippen LogP contribution >= 0.6 is 11.6 Å². The lowest BCUT2D eigenvalue weighted by Crippen LogP contribution is -2.55. The predicted octanol–water partition coefficient (Wildman–Crippen LogP) is 2.29. The monoisotopic (exact) mass is 488 g/mol.